The van der Waals surface area contributed by atoms with E-state index < -0.39 is 0 Å². The van der Waals surface area contributed by atoms with Crippen molar-refractivity contribution in [3.05, 3.63) is 35.9 Å². The maximum atomic E-state index is 12.3. The Balaban J connectivity index is 1.51. The second-order valence-corrected chi connectivity index (χ2v) is 6.72. The van der Waals surface area contributed by atoms with Gasteiger partial charge < -0.3 is 10.1 Å². The standard InChI is InChI=1S/C18H25NO2/c1-21-13-18(9-5-6-10-18)12-19-17(20)16-11-15(16)14-7-3-2-4-8-14/h2-4,7-8,15-16H,5-6,9-13H2,1H3,(H,19,20)/t15-,16+/m0/s1. The third-order valence-corrected chi connectivity index (χ3v) is 5.11. The van der Waals surface area contributed by atoms with Crippen molar-refractivity contribution in [2.24, 2.45) is 11.3 Å². The molecule has 2 aliphatic carbocycles. The quantitative estimate of drug-likeness (QED) is 0.873. The molecule has 0 unspecified atom stereocenters. The molecule has 3 rings (SSSR count). The van der Waals surface area contributed by atoms with Crippen molar-refractivity contribution in [3.63, 3.8) is 0 Å². The zero-order chi connectivity index (χ0) is 14.7. The first-order chi connectivity index (χ1) is 10.2. The number of carbonyl (C=O) groups excluding carboxylic acids is 1. The zero-order valence-corrected chi connectivity index (χ0v) is 12.8. The maximum Gasteiger partial charge on any atom is 0.223 e. The molecule has 2 saturated carbocycles. The van der Waals surface area contributed by atoms with Crippen LogP contribution in [-0.2, 0) is 9.53 Å². The van der Waals surface area contributed by atoms with Gasteiger partial charge in [0.15, 0.2) is 0 Å². The summed E-state index contributed by atoms with van der Waals surface area (Å²) in [5.74, 6) is 0.827. The molecule has 0 heterocycles. The van der Waals surface area contributed by atoms with Gasteiger partial charge in [-0.2, -0.15) is 0 Å². The van der Waals surface area contributed by atoms with Crippen molar-refractivity contribution in [2.75, 3.05) is 20.3 Å². The van der Waals surface area contributed by atoms with E-state index in [4.69, 9.17) is 4.74 Å². The first-order valence-corrected chi connectivity index (χ1v) is 8.06. The Morgan fingerprint density at radius 3 is 2.67 bits per heavy atom. The SMILES string of the molecule is COCC1(CNC(=O)[C@@H]2C[C@H]2c2ccccc2)CCCC1. The van der Waals surface area contributed by atoms with Crippen LogP contribution >= 0.6 is 0 Å². The monoisotopic (exact) mass is 287 g/mol. The van der Waals surface area contributed by atoms with Crippen LogP contribution in [0.4, 0.5) is 0 Å². The summed E-state index contributed by atoms with van der Waals surface area (Å²) in [6.07, 6.45) is 5.86. The van der Waals surface area contributed by atoms with Crippen LogP contribution in [0.5, 0.6) is 0 Å². The minimum atomic E-state index is 0.174. The van der Waals surface area contributed by atoms with E-state index in [2.05, 4.69) is 29.6 Å². The number of ether oxygens (including phenoxy) is 1. The molecular weight excluding hydrogens is 262 g/mol. The van der Waals surface area contributed by atoms with Gasteiger partial charge in [-0.1, -0.05) is 43.2 Å². The topological polar surface area (TPSA) is 38.3 Å². The highest BCUT2D eigenvalue weighted by Crippen LogP contribution is 2.47. The van der Waals surface area contributed by atoms with E-state index in [1.54, 1.807) is 7.11 Å². The molecule has 1 aromatic carbocycles. The molecule has 114 valence electrons. The smallest absolute Gasteiger partial charge is 0.223 e. The van der Waals surface area contributed by atoms with Gasteiger partial charge in [-0.15, -0.1) is 0 Å². The Bertz CT molecular complexity index is 479. The van der Waals surface area contributed by atoms with Gasteiger partial charge in [-0.3, -0.25) is 4.79 Å². The van der Waals surface area contributed by atoms with E-state index in [1.807, 2.05) is 6.07 Å². The van der Waals surface area contributed by atoms with E-state index >= 15 is 0 Å². The van der Waals surface area contributed by atoms with Crippen LogP contribution in [0.15, 0.2) is 30.3 Å². The minimum Gasteiger partial charge on any atom is -0.384 e. The third-order valence-electron chi connectivity index (χ3n) is 5.11. The van der Waals surface area contributed by atoms with Crippen LogP contribution in [0, 0.1) is 11.3 Å². The van der Waals surface area contributed by atoms with Crippen molar-refractivity contribution < 1.29 is 9.53 Å². The molecule has 3 heteroatoms. The summed E-state index contributed by atoms with van der Waals surface area (Å²) in [4.78, 5) is 12.3. The summed E-state index contributed by atoms with van der Waals surface area (Å²) in [6.45, 7) is 1.54. The molecule has 1 aromatic rings. The minimum absolute atomic E-state index is 0.174. The average molecular weight is 287 g/mol. The highest BCUT2D eigenvalue weighted by molar-refractivity contribution is 5.82. The van der Waals surface area contributed by atoms with Gasteiger partial charge in [0.25, 0.3) is 0 Å². The molecular formula is C18H25NO2. The lowest BCUT2D eigenvalue weighted by Crippen LogP contribution is -2.39. The molecule has 0 aromatic heterocycles. The van der Waals surface area contributed by atoms with Gasteiger partial charge in [-0.25, -0.2) is 0 Å². The van der Waals surface area contributed by atoms with Crippen molar-refractivity contribution in [3.8, 4) is 0 Å². The van der Waals surface area contributed by atoms with Crippen LogP contribution in [-0.4, -0.2) is 26.2 Å². The summed E-state index contributed by atoms with van der Waals surface area (Å²) in [7, 11) is 1.76. The fourth-order valence-corrected chi connectivity index (χ4v) is 3.76. The second-order valence-electron chi connectivity index (χ2n) is 6.72. The Hall–Kier alpha value is -1.35. The summed E-state index contributed by atoms with van der Waals surface area (Å²) in [5.41, 5.74) is 1.48. The van der Waals surface area contributed by atoms with E-state index in [0.29, 0.717) is 5.92 Å². The highest BCUT2D eigenvalue weighted by atomic mass is 16.5. The van der Waals surface area contributed by atoms with Crippen molar-refractivity contribution >= 4 is 5.91 Å². The molecule has 21 heavy (non-hydrogen) atoms. The molecule has 3 nitrogen and oxygen atoms in total. The molecule has 0 bridgehead atoms. The summed E-state index contributed by atoms with van der Waals surface area (Å²) in [6, 6.07) is 10.4. The first-order valence-electron chi connectivity index (χ1n) is 8.06. The van der Waals surface area contributed by atoms with Crippen molar-refractivity contribution in [1.82, 2.24) is 5.32 Å². The molecule has 1 N–H and O–H groups in total. The molecule has 0 radical (unpaired) electrons. The number of rotatable bonds is 6. The van der Waals surface area contributed by atoms with Gasteiger partial charge in [0, 0.05) is 25.0 Å². The number of nitrogens with one attached hydrogen (secondary N) is 1. The maximum absolute atomic E-state index is 12.3. The van der Waals surface area contributed by atoms with E-state index in [9.17, 15) is 4.79 Å². The van der Waals surface area contributed by atoms with Crippen LogP contribution < -0.4 is 5.32 Å². The number of hydrogen-bond donors (Lipinski definition) is 1. The Morgan fingerprint density at radius 1 is 1.29 bits per heavy atom. The number of benzene rings is 1. The zero-order valence-electron chi connectivity index (χ0n) is 12.8. The van der Waals surface area contributed by atoms with Gasteiger partial charge in [-0.05, 0) is 30.7 Å². The predicted octanol–water partition coefficient (Wildman–Crippen LogP) is 3.11. The molecule has 0 saturated heterocycles. The summed E-state index contributed by atoms with van der Waals surface area (Å²) >= 11 is 0. The van der Waals surface area contributed by atoms with Crippen molar-refractivity contribution in [2.45, 2.75) is 38.0 Å². The van der Waals surface area contributed by atoms with Gasteiger partial charge >= 0.3 is 0 Å². The van der Waals surface area contributed by atoms with Crippen LogP contribution in [0.1, 0.15) is 43.6 Å². The summed E-state index contributed by atoms with van der Waals surface area (Å²) in [5, 5.41) is 3.19. The Kier molecular flexibility index (Phi) is 4.29. The van der Waals surface area contributed by atoms with Crippen molar-refractivity contribution in [1.29, 1.82) is 0 Å². The number of carbonyl (C=O) groups is 1. The average Bonchev–Trinajstić information content (AvgIpc) is 3.19. The Morgan fingerprint density at radius 2 is 2.00 bits per heavy atom. The summed E-state index contributed by atoms with van der Waals surface area (Å²) < 4.78 is 5.38. The molecule has 0 spiro atoms. The number of amides is 1. The van der Waals surface area contributed by atoms with Crippen LogP contribution in [0.25, 0.3) is 0 Å². The predicted molar refractivity (Wildman–Crippen MR) is 83.1 cm³/mol. The van der Waals surface area contributed by atoms with E-state index in [0.717, 1.165) is 19.6 Å². The van der Waals surface area contributed by atoms with Gasteiger partial charge in [0.05, 0.1) is 6.61 Å². The highest BCUT2D eigenvalue weighted by Gasteiger charge is 2.44. The fraction of sp³-hybridized carbons (Fsp3) is 0.611. The van der Waals surface area contributed by atoms with Crippen LogP contribution in [0.3, 0.4) is 0 Å². The van der Waals surface area contributed by atoms with Gasteiger partial charge in [0.2, 0.25) is 5.91 Å². The lowest BCUT2D eigenvalue weighted by atomic mass is 9.87. The molecule has 2 aliphatic rings. The largest absolute Gasteiger partial charge is 0.384 e. The van der Waals surface area contributed by atoms with Crippen LogP contribution in [0.2, 0.25) is 0 Å². The number of methoxy groups -OCH3 is 1. The number of hydrogen-bond acceptors (Lipinski definition) is 2. The molecule has 2 atom stereocenters. The molecule has 1 amide bonds. The van der Waals surface area contributed by atoms with E-state index in [1.165, 1.54) is 31.2 Å². The fourth-order valence-electron chi connectivity index (χ4n) is 3.76. The second kappa shape index (κ2) is 6.18. The lowest BCUT2D eigenvalue weighted by molar-refractivity contribution is -0.123. The lowest BCUT2D eigenvalue weighted by Gasteiger charge is -2.28. The van der Waals surface area contributed by atoms with Gasteiger partial charge in [0.1, 0.15) is 0 Å². The van der Waals surface area contributed by atoms with E-state index in [-0.39, 0.29) is 17.2 Å². The molecule has 2 fully saturated rings. The normalized spacial score (nSPS) is 26.5. The molecule has 0 aliphatic heterocycles. The third kappa shape index (κ3) is 3.29. The first kappa shape index (κ1) is 14.6. The Labute approximate surface area is 127 Å².